The fraction of sp³-hybridized carbons (Fsp3) is 0.538. The Morgan fingerprint density at radius 3 is 2.73 bits per heavy atom. The van der Waals surface area contributed by atoms with Crippen molar-refractivity contribution < 1.29 is 0 Å². The molecule has 2 rings (SSSR count). The van der Waals surface area contributed by atoms with Crippen LogP contribution in [0.25, 0.3) is 0 Å². The third-order valence-corrected chi connectivity index (χ3v) is 3.19. The maximum Gasteiger partial charge on any atom is 0.0325 e. The van der Waals surface area contributed by atoms with Gasteiger partial charge in [0.25, 0.3) is 0 Å². The van der Waals surface area contributed by atoms with E-state index in [0.717, 1.165) is 11.6 Å². The first-order valence-corrected chi connectivity index (χ1v) is 5.76. The van der Waals surface area contributed by atoms with Crippen molar-refractivity contribution >= 4 is 5.69 Å². The van der Waals surface area contributed by atoms with Gasteiger partial charge in [-0.15, -0.1) is 0 Å². The van der Waals surface area contributed by atoms with E-state index in [1.54, 1.807) is 0 Å². The molecule has 3 atom stereocenters. The smallest absolute Gasteiger partial charge is 0.0325 e. The molecule has 1 saturated heterocycles. The third-order valence-electron chi connectivity index (χ3n) is 3.19. The highest BCUT2D eigenvalue weighted by molar-refractivity contribution is 5.41. The van der Waals surface area contributed by atoms with Crippen LogP contribution in [-0.4, -0.2) is 6.04 Å². The van der Waals surface area contributed by atoms with Crippen molar-refractivity contribution in [2.75, 3.05) is 5.73 Å². The first kappa shape index (κ1) is 10.5. The number of hydrogen-bond acceptors (Lipinski definition) is 2. The van der Waals surface area contributed by atoms with Crippen molar-refractivity contribution in [3.05, 3.63) is 29.8 Å². The monoisotopic (exact) mass is 204 g/mol. The molecule has 15 heavy (non-hydrogen) atoms. The molecule has 2 nitrogen and oxygen atoms in total. The Balaban J connectivity index is 2.16. The number of rotatable bonds is 1. The lowest BCUT2D eigenvalue weighted by Gasteiger charge is -2.33. The number of anilines is 1. The fourth-order valence-corrected chi connectivity index (χ4v) is 2.59. The van der Waals surface area contributed by atoms with E-state index < -0.39 is 0 Å². The number of benzene rings is 1. The second-order valence-corrected chi connectivity index (χ2v) is 4.87. The van der Waals surface area contributed by atoms with Crippen LogP contribution in [0, 0.1) is 5.92 Å². The SMILES string of the molecule is CC1CC(C)NC(c2cccc(N)c2)C1. The van der Waals surface area contributed by atoms with Gasteiger partial charge in [-0.1, -0.05) is 19.1 Å². The van der Waals surface area contributed by atoms with Gasteiger partial charge in [-0.3, -0.25) is 0 Å². The molecule has 82 valence electrons. The lowest BCUT2D eigenvalue weighted by molar-refractivity contribution is 0.269. The Hall–Kier alpha value is -1.02. The van der Waals surface area contributed by atoms with Crippen molar-refractivity contribution in [3.63, 3.8) is 0 Å². The molecule has 0 aliphatic carbocycles. The second kappa shape index (κ2) is 4.23. The molecule has 0 bridgehead atoms. The van der Waals surface area contributed by atoms with E-state index in [2.05, 4.69) is 31.3 Å². The van der Waals surface area contributed by atoms with Crippen LogP contribution in [0.3, 0.4) is 0 Å². The van der Waals surface area contributed by atoms with Gasteiger partial charge in [0.1, 0.15) is 0 Å². The first-order valence-electron chi connectivity index (χ1n) is 5.76. The van der Waals surface area contributed by atoms with Crippen molar-refractivity contribution in [1.82, 2.24) is 5.32 Å². The Morgan fingerprint density at radius 1 is 1.27 bits per heavy atom. The molecule has 3 N–H and O–H groups in total. The predicted octanol–water partition coefficient (Wildman–Crippen LogP) is 2.72. The molecule has 1 aromatic rings. The maximum absolute atomic E-state index is 5.81. The molecule has 0 spiro atoms. The zero-order chi connectivity index (χ0) is 10.8. The number of piperidine rings is 1. The maximum atomic E-state index is 5.81. The van der Waals surface area contributed by atoms with Crippen LogP contribution in [0.15, 0.2) is 24.3 Å². The first-order chi connectivity index (χ1) is 7.15. The lowest BCUT2D eigenvalue weighted by Crippen LogP contribution is -2.37. The molecule has 2 heteroatoms. The topological polar surface area (TPSA) is 38.0 Å². The van der Waals surface area contributed by atoms with E-state index in [9.17, 15) is 0 Å². The molecule has 1 heterocycles. The van der Waals surface area contributed by atoms with Crippen LogP contribution < -0.4 is 11.1 Å². The molecule has 3 unspecified atom stereocenters. The lowest BCUT2D eigenvalue weighted by atomic mass is 9.86. The summed E-state index contributed by atoms with van der Waals surface area (Å²) in [4.78, 5) is 0. The molecule has 0 aromatic heterocycles. The summed E-state index contributed by atoms with van der Waals surface area (Å²) in [6, 6.07) is 9.32. The Bertz CT molecular complexity index is 325. The number of nitrogen functional groups attached to an aromatic ring is 1. The van der Waals surface area contributed by atoms with Crippen LogP contribution in [0.2, 0.25) is 0 Å². The molecule has 0 amide bonds. The van der Waals surface area contributed by atoms with Gasteiger partial charge in [-0.25, -0.2) is 0 Å². The minimum absolute atomic E-state index is 0.479. The van der Waals surface area contributed by atoms with Crippen LogP contribution in [0.5, 0.6) is 0 Å². The highest BCUT2D eigenvalue weighted by Crippen LogP contribution is 2.30. The largest absolute Gasteiger partial charge is 0.399 e. The third kappa shape index (κ3) is 2.51. The molecule has 0 saturated carbocycles. The molecule has 0 radical (unpaired) electrons. The molecule has 1 fully saturated rings. The highest BCUT2D eigenvalue weighted by atomic mass is 15.0. The zero-order valence-corrected chi connectivity index (χ0v) is 9.53. The molecular formula is C13H20N2. The Morgan fingerprint density at radius 2 is 2.07 bits per heavy atom. The summed E-state index contributed by atoms with van der Waals surface area (Å²) in [6.45, 7) is 4.59. The standard InChI is InChI=1S/C13H20N2/c1-9-6-10(2)15-13(7-9)11-4-3-5-12(14)8-11/h3-5,8-10,13,15H,6-7,14H2,1-2H3. The van der Waals surface area contributed by atoms with Crippen molar-refractivity contribution in [2.45, 2.75) is 38.8 Å². The van der Waals surface area contributed by atoms with Crippen LogP contribution >= 0.6 is 0 Å². The summed E-state index contributed by atoms with van der Waals surface area (Å²) < 4.78 is 0. The average molecular weight is 204 g/mol. The van der Waals surface area contributed by atoms with Gasteiger partial charge in [0, 0.05) is 17.8 Å². The predicted molar refractivity (Wildman–Crippen MR) is 64.6 cm³/mol. The number of nitrogens with two attached hydrogens (primary N) is 1. The van der Waals surface area contributed by atoms with Crippen LogP contribution in [-0.2, 0) is 0 Å². The van der Waals surface area contributed by atoms with E-state index in [1.165, 1.54) is 18.4 Å². The summed E-state index contributed by atoms with van der Waals surface area (Å²) >= 11 is 0. The zero-order valence-electron chi connectivity index (χ0n) is 9.53. The van der Waals surface area contributed by atoms with E-state index in [1.807, 2.05) is 12.1 Å². The van der Waals surface area contributed by atoms with Crippen molar-refractivity contribution in [2.24, 2.45) is 5.92 Å². The summed E-state index contributed by atoms with van der Waals surface area (Å²) in [6.07, 6.45) is 2.49. The number of hydrogen-bond donors (Lipinski definition) is 2. The van der Waals surface area contributed by atoms with Crippen LogP contribution in [0.4, 0.5) is 5.69 Å². The quantitative estimate of drug-likeness (QED) is 0.690. The van der Waals surface area contributed by atoms with Gasteiger partial charge in [0.15, 0.2) is 0 Å². The van der Waals surface area contributed by atoms with E-state index >= 15 is 0 Å². The second-order valence-electron chi connectivity index (χ2n) is 4.87. The molecule has 1 aliphatic heterocycles. The van der Waals surface area contributed by atoms with Gasteiger partial charge in [-0.05, 0) is 43.4 Å². The summed E-state index contributed by atoms with van der Waals surface area (Å²) in [5.74, 6) is 0.799. The normalized spacial score (nSPS) is 31.5. The summed E-state index contributed by atoms with van der Waals surface area (Å²) in [7, 11) is 0. The Labute approximate surface area is 91.9 Å². The van der Waals surface area contributed by atoms with Gasteiger partial charge in [0.05, 0.1) is 0 Å². The highest BCUT2D eigenvalue weighted by Gasteiger charge is 2.23. The molecular weight excluding hydrogens is 184 g/mol. The van der Waals surface area contributed by atoms with Gasteiger partial charge < -0.3 is 11.1 Å². The van der Waals surface area contributed by atoms with E-state index in [4.69, 9.17) is 5.73 Å². The molecule has 1 aromatic carbocycles. The van der Waals surface area contributed by atoms with Gasteiger partial charge >= 0.3 is 0 Å². The molecule has 1 aliphatic rings. The number of nitrogens with one attached hydrogen (secondary N) is 1. The summed E-state index contributed by atoms with van der Waals surface area (Å²) in [5, 5.41) is 3.63. The minimum Gasteiger partial charge on any atom is -0.399 e. The van der Waals surface area contributed by atoms with Crippen molar-refractivity contribution in [3.8, 4) is 0 Å². The summed E-state index contributed by atoms with van der Waals surface area (Å²) in [5.41, 5.74) is 8.00. The van der Waals surface area contributed by atoms with E-state index in [-0.39, 0.29) is 0 Å². The van der Waals surface area contributed by atoms with Gasteiger partial charge in [0.2, 0.25) is 0 Å². The minimum atomic E-state index is 0.479. The average Bonchev–Trinajstić information content (AvgIpc) is 2.16. The Kier molecular flexibility index (Phi) is 2.96. The fourth-order valence-electron chi connectivity index (χ4n) is 2.59. The van der Waals surface area contributed by atoms with Crippen molar-refractivity contribution in [1.29, 1.82) is 0 Å². The van der Waals surface area contributed by atoms with Crippen LogP contribution in [0.1, 0.15) is 38.3 Å². The van der Waals surface area contributed by atoms with E-state index in [0.29, 0.717) is 12.1 Å². The van der Waals surface area contributed by atoms with Gasteiger partial charge in [-0.2, -0.15) is 0 Å².